The van der Waals surface area contributed by atoms with E-state index in [0.717, 1.165) is 5.56 Å². The van der Waals surface area contributed by atoms with Crippen molar-refractivity contribution >= 4 is 29.3 Å². The summed E-state index contributed by atoms with van der Waals surface area (Å²) in [6.45, 7) is 0. The fourth-order valence-corrected chi connectivity index (χ4v) is 3.22. The molecule has 0 unspecified atom stereocenters. The highest BCUT2D eigenvalue weighted by molar-refractivity contribution is 6.31. The normalized spacial score (nSPS) is 11.5. The van der Waals surface area contributed by atoms with Crippen LogP contribution in [0.1, 0.15) is 29.3 Å². The first-order chi connectivity index (χ1) is 14.8. The molecule has 0 bridgehead atoms. The zero-order valence-corrected chi connectivity index (χ0v) is 17.0. The molecule has 9 heteroatoms. The average molecular weight is 442 g/mol. The minimum Gasteiger partial charge on any atom is -0.508 e. The number of phenolic OH excluding ortho intramolecular Hbond substituents is 1. The van der Waals surface area contributed by atoms with Gasteiger partial charge in [0.2, 0.25) is 0 Å². The lowest BCUT2D eigenvalue weighted by Crippen LogP contribution is -2.35. The number of nitrogens with one attached hydrogen (secondary N) is 3. The summed E-state index contributed by atoms with van der Waals surface area (Å²) in [6.07, 6.45) is 0.0499. The number of rotatable bonds is 7. The molecule has 3 aromatic rings. The zero-order chi connectivity index (χ0) is 22.4. The van der Waals surface area contributed by atoms with E-state index in [-0.39, 0.29) is 17.9 Å². The zero-order valence-electron chi connectivity index (χ0n) is 16.3. The Bertz CT molecular complexity index is 1140. The molecule has 1 aromatic heterocycles. The van der Waals surface area contributed by atoms with Crippen LogP contribution in [-0.2, 0) is 11.2 Å². The Morgan fingerprint density at radius 1 is 1.03 bits per heavy atom. The number of hydrogen-bond acceptors (Lipinski definition) is 4. The second kappa shape index (κ2) is 9.82. The number of aromatic amines is 1. The van der Waals surface area contributed by atoms with Gasteiger partial charge in [-0.15, -0.1) is 0 Å². The van der Waals surface area contributed by atoms with Crippen molar-refractivity contribution < 1.29 is 19.8 Å². The maximum Gasteiger partial charge on any atom is 0.319 e. The Morgan fingerprint density at radius 3 is 2.39 bits per heavy atom. The Balaban J connectivity index is 1.70. The number of aromatic hydroxyl groups is 1. The van der Waals surface area contributed by atoms with Crippen LogP contribution < -0.4 is 16.2 Å². The number of aromatic nitrogens is 1. The topological polar surface area (TPSA) is 132 Å². The predicted octanol–water partition coefficient (Wildman–Crippen LogP) is 3.66. The number of carboxylic acids is 1. The van der Waals surface area contributed by atoms with E-state index in [0.29, 0.717) is 22.7 Å². The van der Waals surface area contributed by atoms with Crippen LogP contribution in [-0.4, -0.2) is 27.2 Å². The maximum atomic E-state index is 12.4. The molecule has 0 aliphatic heterocycles. The quantitative estimate of drug-likeness (QED) is 0.381. The third-order valence-electron chi connectivity index (χ3n) is 4.54. The van der Waals surface area contributed by atoms with Gasteiger partial charge in [-0.1, -0.05) is 41.9 Å². The fourth-order valence-electron chi connectivity index (χ4n) is 3.01. The Labute approximate surface area is 182 Å². The summed E-state index contributed by atoms with van der Waals surface area (Å²) in [7, 11) is 0. The second-order valence-electron chi connectivity index (χ2n) is 6.83. The molecular weight excluding hydrogens is 422 g/mol. The second-order valence-corrected chi connectivity index (χ2v) is 7.24. The van der Waals surface area contributed by atoms with E-state index < -0.39 is 23.6 Å². The molecule has 0 spiro atoms. The summed E-state index contributed by atoms with van der Waals surface area (Å²) in [5.41, 5.74) is 1.49. The number of amides is 2. The molecule has 0 aliphatic carbocycles. The molecule has 160 valence electrons. The van der Waals surface area contributed by atoms with Crippen LogP contribution >= 0.6 is 11.6 Å². The molecule has 8 nitrogen and oxygen atoms in total. The number of hydrogen-bond donors (Lipinski definition) is 5. The SMILES string of the molecule is O=C(O)C[C@H](NC(=O)Nc1ccc(Cc2ccccc2Cl)[nH]c1=O)c1ccc(O)cc1. The number of anilines is 1. The summed E-state index contributed by atoms with van der Waals surface area (Å²) >= 11 is 6.14. The number of halogens is 1. The molecule has 0 saturated heterocycles. The molecule has 3 rings (SSSR count). The van der Waals surface area contributed by atoms with Gasteiger partial charge < -0.3 is 25.8 Å². The Hall–Kier alpha value is -3.78. The molecule has 2 amide bonds. The van der Waals surface area contributed by atoms with Crippen LogP contribution in [0.2, 0.25) is 5.02 Å². The van der Waals surface area contributed by atoms with Crippen LogP contribution in [0.4, 0.5) is 10.5 Å². The molecule has 1 atom stereocenters. The van der Waals surface area contributed by atoms with Crippen molar-refractivity contribution in [2.24, 2.45) is 0 Å². The number of benzene rings is 2. The van der Waals surface area contributed by atoms with Gasteiger partial charge in [-0.2, -0.15) is 0 Å². The number of H-pyrrole nitrogens is 1. The lowest BCUT2D eigenvalue weighted by Gasteiger charge is -2.18. The summed E-state index contributed by atoms with van der Waals surface area (Å²) in [4.78, 5) is 38.6. The first kappa shape index (κ1) is 21.9. The maximum absolute atomic E-state index is 12.4. The van der Waals surface area contributed by atoms with Crippen molar-refractivity contribution in [1.29, 1.82) is 0 Å². The van der Waals surface area contributed by atoms with Crippen LogP contribution in [0.15, 0.2) is 65.5 Å². The molecule has 31 heavy (non-hydrogen) atoms. The van der Waals surface area contributed by atoms with Gasteiger partial charge in [0.25, 0.3) is 5.56 Å². The van der Waals surface area contributed by atoms with Gasteiger partial charge in [0.15, 0.2) is 0 Å². The lowest BCUT2D eigenvalue weighted by molar-refractivity contribution is -0.137. The van der Waals surface area contributed by atoms with Gasteiger partial charge in [0.1, 0.15) is 11.4 Å². The summed E-state index contributed by atoms with van der Waals surface area (Å²) in [5.74, 6) is -1.09. The number of urea groups is 1. The fraction of sp³-hybridized carbons (Fsp3) is 0.136. The molecule has 5 N–H and O–H groups in total. The summed E-state index contributed by atoms with van der Waals surface area (Å²) in [6, 6.07) is 14.6. The smallest absolute Gasteiger partial charge is 0.319 e. The highest BCUT2D eigenvalue weighted by atomic mass is 35.5. The molecule has 1 heterocycles. The third-order valence-corrected chi connectivity index (χ3v) is 4.91. The van der Waals surface area contributed by atoms with Crippen molar-refractivity contribution in [1.82, 2.24) is 10.3 Å². The highest BCUT2D eigenvalue weighted by Gasteiger charge is 2.19. The van der Waals surface area contributed by atoms with E-state index >= 15 is 0 Å². The average Bonchev–Trinajstić information content (AvgIpc) is 2.71. The van der Waals surface area contributed by atoms with E-state index in [1.807, 2.05) is 18.2 Å². The van der Waals surface area contributed by atoms with Crippen LogP contribution in [0.5, 0.6) is 5.75 Å². The lowest BCUT2D eigenvalue weighted by atomic mass is 10.0. The van der Waals surface area contributed by atoms with Crippen LogP contribution in [0, 0.1) is 0 Å². The standard InChI is InChI=1S/C22H20ClN3O5/c23-17-4-2-1-3-14(17)11-15-7-10-18(21(30)24-15)25-22(31)26-19(12-20(28)29)13-5-8-16(27)9-6-13/h1-10,19,27H,11-12H2,(H,24,30)(H,28,29)(H2,25,26,31)/t19-/m0/s1. The van der Waals surface area contributed by atoms with Crippen molar-refractivity contribution in [3.8, 4) is 5.75 Å². The van der Waals surface area contributed by atoms with Crippen molar-refractivity contribution in [3.05, 3.63) is 92.9 Å². The monoisotopic (exact) mass is 441 g/mol. The minimum absolute atomic E-state index is 0.0141. The van der Waals surface area contributed by atoms with Crippen LogP contribution in [0.3, 0.4) is 0 Å². The number of phenols is 1. The molecule has 0 fully saturated rings. The van der Waals surface area contributed by atoms with Crippen molar-refractivity contribution in [2.45, 2.75) is 18.9 Å². The number of carboxylic acid groups (broad SMARTS) is 1. The van der Waals surface area contributed by atoms with Crippen LogP contribution in [0.25, 0.3) is 0 Å². The van der Waals surface area contributed by atoms with E-state index in [1.54, 1.807) is 12.1 Å². The first-order valence-electron chi connectivity index (χ1n) is 9.35. The van der Waals surface area contributed by atoms with Gasteiger partial charge >= 0.3 is 12.0 Å². The third kappa shape index (κ3) is 6.10. The molecular formula is C22H20ClN3O5. The summed E-state index contributed by atoms with van der Waals surface area (Å²) < 4.78 is 0. The first-order valence-corrected chi connectivity index (χ1v) is 9.73. The minimum atomic E-state index is -1.11. The van der Waals surface area contributed by atoms with E-state index in [2.05, 4.69) is 15.6 Å². The van der Waals surface area contributed by atoms with E-state index in [1.165, 1.54) is 30.3 Å². The molecule has 0 saturated carbocycles. The van der Waals surface area contributed by atoms with Gasteiger partial charge in [-0.25, -0.2) is 4.79 Å². The van der Waals surface area contributed by atoms with Gasteiger partial charge in [-0.05, 0) is 41.5 Å². The largest absolute Gasteiger partial charge is 0.508 e. The Morgan fingerprint density at radius 2 is 1.74 bits per heavy atom. The van der Waals surface area contributed by atoms with Gasteiger partial charge in [0, 0.05) is 17.1 Å². The van der Waals surface area contributed by atoms with Gasteiger partial charge in [-0.3, -0.25) is 9.59 Å². The number of carbonyl (C=O) groups is 2. The van der Waals surface area contributed by atoms with E-state index in [9.17, 15) is 19.5 Å². The molecule has 0 radical (unpaired) electrons. The van der Waals surface area contributed by atoms with Crippen molar-refractivity contribution in [2.75, 3.05) is 5.32 Å². The number of aliphatic carboxylic acids is 1. The Kier molecular flexibility index (Phi) is 6.94. The molecule has 0 aliphatic rings. The highest BCUT2D eigenvalue weighted by Crippen LogP contribution is 2.20. The predicted molar refractivity (Wildman–Crippen MR) is 117 cm³/mol. The summed E-state index contributed by atoms with van der Waals surface area (Å²) in [5, 5.41) is 24.1. The number of pyridine rings is 1. The molecule has 2 aromatic carbocycles. The number of carbonyl (C=O) groups excluding carboxylic acids is 1. The van der Waals surface area contributed by atoms with Crippen molar-refractivity contribution in [3.63, 3.8) is 0 Å². The van der Waals surface area contributed by atoms with E-state index in [4.69, 9.17) is 16.7 Å². The van der Waals surface area contributed by atoms with Gasteiger partial charge in [0.05, 0.1) is 12.5 Å².